The summed E-state index contributed by atoms with van der Waals surface area (Å²) in [6.07, 6.45) is 0. The third-order valence-electron chi connectivity index (χ3n) is 3.77. The van der Waals surface area contributed by atoms with E-state index >= 15 is 0 Å². The Hall–Kier alpha value is -6.21. The Kier molecular flexibility index (Phi) is 49.2. The molecular weight excluding hydrogens is 600 g/mol. The molecule has 0 amide bonds. The maximum Gasteiger partial charge on any atom is 0.290 e. The normalized spacial score (nSPS) is 7.24. The second-order valence-electron chi connectivity index (χ2n) is 6.86. The fourth-order valence-electron chi connectivity index (χ4n) is 2.20. The van der Waals surface area contributed by atoms with E-state index in [0.29, 0.717) is 11.5 Å². The van der Waals surface area contributed by atoms with E-state index in [2.05, 4.69) is 4.89 Å². The molecule has 0 unspecified atom stereocenters. The number of benzene rings is 5. The second-order valence-corrected chi connectivity index (χ2v) is 6.86. The van der Waals surface area contributed by atoms with Crippen LogP contribution in [0.15, 0.2) is 164 Å². The van der Waals surface area contributed by atoms with Gasteiger partial charge in [-0.3, -0.25) is 14.4 Å². The zero-order valence-electron chi connectivity index (χ0n) is 25.1. The summed E-state index contributed by atoms with van der Waals surface area (Å²) >= 11 is 0. The van der Waals surface area contributed by atoms with E-state index in [1.807, 2.05) is 115 Å². The molecule has 46 heavy (non-hydrogen) atoms. The summed E-state index contributed by atoms with van der Waals surface area (Å²) in [5, 5.41) is 37.9. The molecule has 0 fully saturated rings. The van der Waals surface area contributed by atoms with Crippen molar-refractivity contribution in [3.8, 4) is 17.2 Å². The van der Waals surface area contributed by atoms with Gasteiger partial charge in [-0.15, -0.1) is 0 Å². The highest BCUT2D eigenvalue weighted by Gasteiger charge is 1.85. The summed E-state index contributed by atoms with van der Waals surface area (Å²) in [7, 11) is 1.48. The van der Waals surface area contributed by atoms with Crippen molar-refractivity contribution in [2.45, 2.75) is 0 Å². The summed E-state index contributed by atoms with van der Waals surface area (Å²) in [5.74, 6) is 1.37. The van der Waals surface area contributed by atoms with Gasteiger partial charge in [0.15, 0.2) is 5.75 Å². The van der Waals surface area contributed by atoms with Crippen LogP contribution < -0.4 is 4.89 Å². The van der Waals surface area contributed by atoms with E-state index in [-0.39, 0.29) is 33.2 Å². The molecule has 0 aromatic heterocycles. The van der Waals surface area contributed by atoms with Gasteiger partial charge in [-0.2, -0.15) is 4.89 Å². The van der Waals surface area contributed by atoms with E-state index in [1.165, 1.54) is 7.11 Å². The fraction of sp³-hybridized carbons (Fsp3) is 0.0294. The Bertz CT molecular complexity index is 1080. The molecule has 0 saturated carbocycles. The molecule has 12 nitrogen and oxygen atoms in total. The van der Waals surface area contributed by atoms with Crippen LogP contribution in [0.3, 0.4) is 0 Å². The highest BCUT2D eigenvalue weighted by Crippen LogP contribution is 2.07. The first kappa shape index (κ1) is 49.5. The third kappa shape index (κ3) is 47.6. The average molecular weight is 647 g/mol. The fourth-order valence-corrected chi connectivity index (χ4v) is 2.20. The van der Waals surface area contributed by atoms with E-state index < -0.39 is 0 Å². The number of carbonyl (C=O) groups is 3. The maximum atomic E-state index is 8.63. The Balaban J connectivity index is -0.0000000813. The SMILES string of the molecule is COOc1ccccc1.O.O.O=CO.O=CO.O=CO.Oc1ccccc1.Oc1ccccc1.[HH].[HH].c1ccccc1.c1ccccc1. The molecule has 0 aliphatic carbocycles. The van der Waals surface area contributed by atoms with Crippen LogP contribution in [-0.2, 0) is 19.3 Å². The highest BCUT2D eigenvalue weighted by atomic mass is 17.2. The van der Waals surface area contributed by atoms with Crippen LogP contribution in [0.1, 0.15) is 2.85 Å². The molecule has 5 aromatic rings. The lowest BCUT2D eigenvalue weighted by Gasteiger charge is -1.96. The molecule has 0 aliphatic heterocycles. The van der Waals surface area contributed by atoms with Crippen LogP contribution in [0.4, 0.5) is 0 Å². The summed E-state index contributed by atoms with van der Waals surface area (Å²) in [6, 6.07) is 50.8. The van der Waals surface area contributed by atoms with E-state index in [0.717, 1.165) is 5.75 Å². The van der Waals surface area contributed by atoms with Gasteiger partial charge in [0.25, 0.3) is 19.4 Å². The van der Waals surface area contributed by atoms with Crippen molar-refractivity contribution in [2.24, 2.45) is 0 Å². The summed E-state index contributed by atoms with van der Waals surface area (Å²) in [6.45, 7) is -0.750. The zero-order valence-corrected chi connectivity index (χ0v) is 25.1. The smallest absolute Gasteiger partial charge is 0.290 e. The maximum absolute atomic E-state index is 8.63. The summed E-state index contributed by atoms with van der Waals surface area (Å²) in [4.78, 5) is 34.2. The topological polar surface area (TPSA) is 234 Å². The number of para-hydroxylation sites is 3. The minimum atomic E-state index is -0.250. The van der Waals surface area contributed by atoms with Crippen molar-refractivity contribution in [1.82, 2.24) is 0 Å². The van der Waals surface area contributed by atoms with Gasteiger partial charge in [0.05, 0.1) is 7.11 Å². The first-order valence-electron chi connectivity index (χ1n) is 12.4. The molecule has 5 aromatic carbocycles. The molecular formula is C34H46O12. The van der Waals surface area contributed by atoms with Gasteiger partial charge >= 0.3 is 0 Å². The molecule has 9 N–H and O–H groups in total. The van der Waals surface area contributed by atoms with Crippen LogP contribution in [0.5, 0.6) is 17.2 Å². The third-order valence-corrected chi connectivity index (χ3v) is 3.77. The minimum Gasteiger partial charge on any atom is -0.508 e. The van der Waals surface area contributed by atoms with E-state index in [9.17, 15) is 0 Å². The molecule has 0 saturated heterocycles. The van der Waals surface area contributed by atoms with Crippen molar-refractivity contribution < 1.29 is 63.5 Å². The quantitative estimate of drug-likeness (QED) is 0.0887. The van der Waals surface area contributed by atoms with Gasteiger partial charge in [0, 0.05) is 2.85 Å². The van der Waals surface area contributed by atoms with Crippen molar-refractivity contribution in [3.05, 3.63) is 164 Å². The molecule has 0 aliphatic rings. The van der Waals surface area contributed by atoms with Crippen LogP contribution in [-0.4, -0.2) is 63.0 Å². The number of rotatable bonds is 2. The first-order chi connectivity index (χ1) is 21.5. The number of phenolic OH excluding ortho intramolecular Hbond substituents is 2. The van der Waals surface area contributed by atoms with Crippen LogP contribution in [0.25, 0.3) is 0 Å². The molecule has 0 atom stereocenters. The highest BCUT2D eigenvalue weighted by molar-refractivity contribution is 5.33. The Morgan fingerprint density at radius 3 is 0.761 bits per heavy atom. The van der Waals surface area contributed by atoms with Crippen LogP contribution in [0.2, 0.25) is 0 Å². The average Bonchev–Trinajstić information content (AvgIpc) is 3.07. The van der Waals surface area contributed by atoms with Crippen molar-refractivity contribution in [1.29, 1.82) is 0 Å². The number of hydrogen-bond acceptors (Lipinski definition) is 7. The number of phenols is 2. The molecule has 0 spiro atoms. The second kappa shape index (κ2) is 45.8. The number of aromatic hydroxyl groups is 2. The van der Waals surface area contributed by atoms with Gasteiger partial charge in [-0.1, -0.05) is 127 Å². The van der Waals surface area contributed by atoms with E-state index in [1.54, 1.807) is 48.5 Å². The van der Waals surface area contributed by atoms with Gasteiger partial charge in [0.2, 0.25) is 0 Å². The van der Waals surface area contributed by atoms with Crippen molar-refractivity contribution in [3.63, 3.8) is 0 Å². The van der Waals surface area contributed by atoms with Crippen LogP contribution in [0, 0.1) is 0 Å². The molecule has 254 valence electrons. The molecule has 0 bridgehead atoms. The monoisotopic (exact) mass is 646 g/mol. The van der Waals surface area contributed by atoms with Crippen molar-refractivity contribution in [2.75, 3.05) is 7.11 Å². The predicted octanol–water partition coefficient (Wildman–Crippen LogP) is 5.73. The number of hydrogen-bond donors (Lipinski definition) is 5. The Morgan fingerprint density at radius 1 is 0.435 bits per heavy atom. The summed E-state index contributed by atoms with van der Waals surface area (Å²) in [5.41, 5.74) is 0. The molecule has 5 rings (SSSR count). The Labute approximate surface area is 271 Å². The van der Waals surface area contributed by atoms with Gasteiger partial charge in [-0.05, 0) is 36.4 Å². The molecule has 12 heteroatoms. The standard InChI is InChI=1S/C7H8O2.2C6H6O.2C6H6.3CH2O2.2H2O.2H2/c1-8-9-7-5-3-2-4-6-7;2*7-6-4-2-1-3-5-6;2*1-2-4-6-5-3-1;3*2-1-3;;;;/h2-6H,1H3;2*1-5,7H;2*1-6H;3*1H,(H,2,3);2*1H2;2*1H. The number of carboxylic acid groups (broad SMARTS) is 3. The lowest BCUT2D eigenvalue weighted by atomic mass is 10.3. The zero-order chi connectivity index (χ0) is 33.4. The Morgan fingerprint density at radius 2 is 0.609 bits per heavy atom. The lowest BCUT2D eigenvalue weighted by molar-refractivity contribution is -0.178. The van der Waals surface area contributed by atoms with E-state index in [4.69, 9.17) is 44.8 Å². The summed E-state index contributed by atoms with van der Waals surface area (Å²) < 4.78 is 0. The molecule has 0 radical (unpaired) electrons. The predicted molar refractivity (Wildman–Crippen MR) is 181 cm³/mol. The molecule has 0 heterocycles. The van der Waals surface area contributed by atoms with Gasteiger partial charge in [0.1, 0.15) is 11.5 Å². The van der Waals surface area contributed by atoms with Gasteiger partial charge < -0.3 is 41.4 Å². The first-order valence-corrected chi connectivity index (χ1v) is 12.4. The van der Waals surface area contributed by atoms with Crippen molar-refractivity contribution >= 4 is 19.4 Å². The largest absolute Gasteiger partial charge is 0.508 e. The van der Waals surface area contributed by atoms with Gasteiger partial charge in [-0.25, -0.2) is 0 Å². The lowest BCUT2D eigenvalue weighted by Crippen LogP contribution is -1.88. The van der Waals surface area contributed by atoms with Crippen LogP contribution >= 0.6 is 0 Å². The minimum absolute atomic E-state index is 0.